The zero-order valence-corrected chi connectivity index (χ0v) is 11.7. The SMILES string of the molecule is CCCS1=NC(c2ccccc2)=Nc2ccccc21. The van der Waals surface area contributed by atoms with E-state index in [-0.39, 0.29) is 10.7 Å². The number of rotatable bonds is 3. The Bertz CT molecular complexity index is 645. The van der Waals surface area contributed by atoms with Crippen LogP contribution in [0.4, 0.5) is 5.69 Å². The molecule has 2 nitrogen and oxygen atoms in total. The second-order valence-corrected chi connectivity index (χ2v) is 6.19. The zero-order chi connectivity index (χ0) is 13.1. The normalized spacial score (nSPS) is 17.3. The summed E-state index contributed by atoms with van der Waals surface area (Å²) in [4.78, 5) is 5.99. The van der Waals surface area contributed by atoms with Crippen LogP contribution in [0.15, 0.2) is 68.8 Å². The van der Waals surface area contributed by atoms with Crippen molar-refractivity contribution in [2.45, 2.75) is 18.2 Å². The van der Waals surface area contributed by atoms with Gasteiger partial charge in [0.2, 0.25) is 0 Å². The topological polar surface area (TPSA) is 24.7 Å². The number of benzene rings is 2. The minimum absolute atomic E-state index is 0.0560. The fraction of sp³-hybridized carbons (Fsp3) is 0.188. The van der Waals surface area contributed by atoms with E-state index in [2.05, 4.69) is 37.3 Å². The van der Waals surface area contributed by atoms with Gasteiger partial charge in [0.05, 0.1) is 5.69 Å². The van der Waals surface area contributed by atoms with Gasteiger partial charge in [0.25, 0.3) is 0 Å². The molecule has 3 heteroatoms. The molecule has 0 bridgehead atoms. The molecule has 0 aromatic heterocycles. The highest BCUT2D eigenvalue weighted by Crippen LogP contribution is 2.29. The van der Waals surface area contributed by atoms with Gasteiger partial charge in [-0.1, -0.05) is 60.1 Å². The van der Waals surface area contributed by atoms with E-state index in [4.69, 9.17) is 9.36 Å². The summed E-state index contributed by atoms with van der Waals surface area (Å²) in [5, 5.41) is 0. The first-order valence-corrected chi connectivity index (χ1v) is 7.89. The third-order valence-electron chi connectivity index (χ3n) is 2.97. The molecule has 1 aliphatic heterocycles. The van der Waals surface area contributed by atoms with E-state index >= 15 is 0 Å². The smallest absolute Gasteiger partial charge is 0.167 e. The highest BCUT2D eigenvalue weighted by molar-refractivity contribution is 7.87. The minimum atomic E-state index is -0.0560. The van der Waals surface area contributed by atoms with E-state index in [9.17, 15) is 0 Å². The van der Waals surface area contributed by atoms with Crippen LogP contribution in [0.3, 0.4) is 0 Å². The summed E-state index contributed by atoms with van der Waals surface area (Å²) < 4.78 is 4.86. The second kappa shape index (κ2) is 5.49. The lowest BCUT2D eigenvalue weighted by molar-refractivity contribution is 1.10. The Hall–Kier alpha value is -1.74. The van der Waals surface area contributed by atoms with Gasteiger partial charge in [-0.2, -0.15) is 0 Å². The second-order valence-electron chi connectivity index (χ2n) is 4.43. The average molecular weight is 268 g/mol. The van der Waals surface area contributed by atoms with Crippen molar-refractivity contribution in [3.05, 3.63) is 60.2 Å². The van der Waals surface area contributed by atoms with Crippen LogP contribution in [-0.4, -0.2) is 11.6 Å². The molecule has 0 fully saturated rings. The zero-order valence-electron chi connectivity index (χ0n) is 10.9. The largest absolute Gasteiger partial charge is 0.227 e. The van der Waals surface area contributed by atoms with Crippen LogP contribution in [0.25, 0.3) is 0 Å². The van der Waals surface area contributed by atoms with Crippen LogP contribution in [0.5, 0.6) is 0 Å². The van der Waals surface area contributed by atoms with E-state index in [1.807, 2.05) is 24.3 Å². The molecule has 0 saturated heterocycles. The summed E-state index contributed by atoms with van der Waals surface area (Å²) in [5.74, 6) is 1.97. The van der Waals surface area contributed by atoms with Crippen molar-refractivity contribution in [3.63, 3.8) is 0 Å². The van der Waals surface area contributed by atoms with Gasteiger partial charge in [0, 0.05) is 16.2 Å². The fourth-order valence-corrected chi connectivity index (χ4v) is 3.83. The maximum absolute atomic E-state index is 4.86. The Morgan fingerprint density at radius 2 is 1.68 bits per heavy atom. The lowest BCUT2D eigenvalue weighted by atomic mass is 10.2. The van der Waals surface area contributed by atoms with Crippen molar-refractivity contribution in [2.75, 3.05) is 5.75 Å². The third kappa shape index (κ3) is 2.51. The van der Waals surface area contributed by atoms with E-state index in [0.717, 1.165) is 29.3 Å². The number of amidine groups is 1. The van der Waals surface area contributed by atoms with Gasteiger partial charge in [0.1, 0.15) is 0 Å². The van der Waals surface area contributed by atoms with Gasteiger partial charge in [-0.15, -0.1) is 0 Å². The molecule has 96 valence electrons. The van der Waals surface area contributed by atoms with Gasteiger partial charge in [-0.3, -0.25) is 0 Å². The van der Waals surface area contributed by atoms with E-state index < -0.39 is 0 Å². The van der Waals surface area contributed by atoms with Crippen molar-refractivity contribution in [3.8, 4) is 0 Å². The summed E-state index contributed by atoms with van der Waals surface area (Å²) in [6.45, 7) is 2.21. The van der Waals surface area contributed by atoms with Gasteiger partial charge in [-0.05, 0) is 18.6 Å². The monoisotopic (exact) mass is 268 g/mol. The predicted octanol–water partition coefficient (Wildman–Crippen LogP) is 4.35. The highest BCUT2D eigenvalue weighted by Gasteiger charge is 2.14. The van der Waals surface area contributed by atoms with Crippen molar-refractivity contribution >= 4 is 22.2 Å². The Morgan fingerprint density at radius 3 is 2.47 bits per heavy atom. The molecule has 0 amide bonds. The van der Waals surface area contributed by atoms with Crippen molar-refractivity contribution < 1.29 is 0 Å². The van der Waals surface area contributed by atoms with Gasteiger partial charge >= 0.3 is 0 Å². The van der Waals surface area contributed by atoms with Crippen molar-refractivity contribution in [1.29, 1.82) is 0 Å². The van der Waals surface area contributed by atoms with E-state index in [1.54, 1.807) is 0 Å². The number of aliphatic imine (C=N–C) groups is 1. The standard InChI is InChI=1S/C16H16N2S/c1-2-12-19-15-11-7-6-10-14(15)17-16(18-19)13-8-4-3-5-9-13/h3-11H,2,12H2,1H3. The van der Waals surface area contributed by atoms with Crippen LogP contribution >= 0.6 is 0 Å². The first-order chi connectivity index (χ1) is 9.38. The minimum Gasteiger partial charge on any atom is -0.227 e. The molecule has 0 N–H and O–H groups in total. The number of para-hydroxylation sites is 1. The molecule has 0 aliphatic carbocycles. The number of fused-ring (bicyclic) bond motifs is 1. The molecule has 19 heavy (non-hydrogen) atoms. The van der Waals surface area contributed by atoms with Crippen LogP contribution in [0.2, 0.25) is 0 Å². The first kappa shape index (κ1) is 12.3. The Labute approximate surface area is 116 Å². The Kier molecular flexibility index (Phi) is 3.56. The Balaban J connectivity index is 2.11. The summed E-state index contributed by atoms with van der Waals surface area (Å²) in [6, 6.07) is 18.6. The van der Waals surface area contributed by atoms with Crippen molar-refractivity contribution in [1.82, 2.24) is 0 Å². The average Bonchev–Trinajstić information content (AvgIpc) is 2.48. The van der Waals surface area contributed by atoms with Crippen LogP contribution in [0, 0.1) is 0 Å². The maximum atomic E-state index is 4.86. The van der Waals surface area contributed by atoms with Crippen LogP contribution in [-0.2, 0) is 10.7 Å². The van der Waals surface area contributed by atoms with Gasteiger partial charge in [0.15, 0.2) is 5.84 Å². The first-order valence-electron chi connectivity index (χ1n) is 6.54. The Morgan fingerprint density at radius 1 is 0.947 bits per heavy atom. The summed E-state index contributed by atoms with van der Waals surface area (Å²) >= 11 is 0. The van der Waals surface area contributed by atoms with Crippen LogP contribution in [0.1, 0.15) is 18.9 Å². The number of nitrogens with zero attached hydrogens (tertiary/aromatic N) is 2. The summed E-state index contributed by atoms with van der Waals surface area (Å²) in [5.41, 5.74) is 2.18. The molecule has 1 heterocycles. The molecule has 0 radical (unpaired) electrons. The third-order valence-corrected chi connectivity index (χ3v) is 5.01. The van der Waals surface area contributed by atoms with Gasteiger partial charge in [-0.25, -0.2) is 9.36 Å². The molecule has 0 spiro atoms. The summed E-state index contributed by atoms with van der Waals surface area (Å²) in [7, 11) is -0.0560. The van der Waals surface area contributed by atoms with Crippen LogP contribution < -0.4 is 0 Å². The molecule has 1 unspecified atom stereocenters. The van der Waals surface area contributed by atoms with Crippen molar-refractivity contribution in [2.24, 2.45) is 9.36 Å². The molecule has 0 saturated carbocycles. The lowest BCUT2D eigenvalue weighted by Crippen LogP contribution is -2.08. The van der Waals surface area contributed by atoms with Gasteiger partial charge < -0.3 is 0 Å². The molecule has 1 atom stereocenters. The molecular weight excluding hydrogens is 252 g/mol. The molecule has 3 rings (SSSR count). The molecule has 2 aromatic rings. The number of hydrogen-bond donors (Lipinski definition) is 0. The quantitative estimate of drug-likeness (QED) is 0.790. The molecule has 2 aromatic carbocycles. The number of hydrogen-bond acceptors (Lipinski definition) is 2. The highest BCUT2D eigenvalue weighted by atomic mass is 32.2. The molecular formula is C16H16N2S. The maximum Gasteiger partial charge on any atom is 0.167 e. The predicted molar refractivity (Wildman–Crippen MR) is 82.3 cm³/mol. The molecule has 1 aliphatic rings. The van der Waals surface area contributed by atoms with E-state index in [0.29, 0.717) is 0 Å². The summed E-state index contributed by atoms with van der Waals surface area (Å²) in [6.07, 6.45) is 1.14. The lowest BCUT2D eigenvalue weighted by Gasteiger charge is -2.16. The van der Waals surface area contributed by atoms with E-state index in [1.165, 1.54) is 4.90 Å². The fourth-order valence-electron chi connectivity index (χ4n) is 2.09.